The number of hydrogen-bond donors (Lipinski definition) is 0. The molecule has 0 N–H and O–H groups in total. The summed E-state index contributed by atoms with van der Waals surface area (Å²) >= 11 is 7.69. The van der Waals surface area contributed by atoms with Gasteiger partial charge in [0.1, 0.15) is 23.3 Å². The Bertz CT molecular complexity index is 666. The highest BCUT2D eigenvalue weighted by molar-refractivity contribution is 7.12. The van der Waals surface area contributed by atoms with Gasteiger partial charge in [0.2, 0.25) is 5.90 Å². The van der Waals surface area contributed by atoms with Gasteiger partial charge in [0.05, 0.1) is 11.6 Å². The average molecular weight is 350 g/mol. The van der Waals surface area contributed by atoms with Crippen LogP contribution in [0.15, 0.2) is 40.7 Å². The van der Waals surface area contributed by atoms with Crippen molar-refractivity contribution in [2.75, 3.05) is 13.2 Å². The molecule has 0 fully saturated rings. The van der Waals surface area contributed by atoms with Crippen molar-refractivity contribution in [3.8, 4) is 5.75 Å². The highest BCUT2D eigenvalue weighted by atomic mass is 35.5. The Morgan fingerprint density at radius 2 is 2.09 bits per heavy atom. The van der Waals surface area contributed by atoms with Crippen LogP contribution in [0, 0.1) is 0 Å². The predicted octanol–water partition coefficient (Wildman–Crippen LogP) is 5.49. The van der Waals surface area contributed by atoms with Crippen LogP contribution in [0.25, 0.3) is 0 Å². The molecule has 2 heterocycles. The van der Waals surface area contributed by atoms with E-state index in [4.69, 9.17) is 21.1 Å². The first kappa shape index (κ1) is 16.3. The third-order valence-corrected chi connectivity index (χ3v) is 5.07. The zero-order valence-electron chi connectivity index (χ0n) is 13.1. The molecule has 5 heteroatoms. The molecule has 23 heavy (non-hydrogen) atoms. The molecule has 1 aromatic heterocycles. The number of ether oxygens (including phenoxy) is 2. The fraction of sp³-hybridized carbons (Fsp3) is 0.389. The molecule has 1 aliphatic heterocycles. The first-order valence-corrected chi connectivity index (χ1v) is 9.20. The van der Waals surface area contributed by atoms with Crippen molar-refractivity contribution in [3.63, 3.8) is 0 Å². The number of thiophene rings is 1. The van der Waals surface area contributed by atoms with E-state index in [0.717, 1.165) is 29.2 Å². The molecule has 0 amide bonds. The van der Waals surface area contributed by atoms with Gasteiger partial charge in [-0.05, 0) is 35.6 Å². The Kier molecular flexibility index (Phi) is 5.57. The topological polar surface area (TPSA) is 30.8 Å². The molecular formula is C18H20ClNO2S. The van der Waals surface area contributed by atoms with Gasteiger partial charge in [0, 0.05) is 0 Å². The fourth-order valence-corrected chi connectivity index (χ4v) is 3.53. The quantitative estimate of drug-likeness (QED) is 0.619. The van der Waals surface area contributed by atoms with E-state index < -0.39 is 0 Å². The molecular weight excluding hydrogens is 330 g/mol. The van der Waals surface area contributed by atoms with Crippen molar-refractivity contribution in [1.29, 1.82) is 0 Å². The Labute approximate surface area is 145 Å². The molecule has 0 radical (unpaired) electrons. The van der Waals surface area contributed by atoms with Gasteiger partial charge in [-0.25, -0.2) is 4.99 Å². The number of benzene rings is 1. The Balaban J connectivity index is 1.62. The predicted molar refractivity (Wildman–Crippen MR) is 96.0 cm³/mol. The summed E-state index contributed by atoms with van der Waals surface area (Å²) < 4.78 is 11.5. The zero-order chi connectivity index (χ0) is 16.1. The second kappa shape index (κ2) is 7.84. The summed E-state index contributed by atoms with van der Waals surface area (Å²) in [5, 5.41) is 2.65. The molecule has 0 aliphatic carbocycles. The van der Waals surface area contributed by atoms with Crippen LogP contribution in [0.2, 0.25) is 5.02 Å². The maximum Gasteiger partial charge on any atom is 0.228 e. The van der Waals surface area contributed by atoms with Crippen LogP contribution < -0.4 is 4.74 Å². The molecule has 0 saturated carbocycles. The molecule has 3 rings (SSSR count). The first-order valence-electron chi connectivity index (χ1n) is 7.94. The number of unbranched alkanes of at least 4 members (excludes halogenated alkanes) is 2. The highest BCUT2D eigenvalue weighted by Gasteiger charge is 2.23. The van der Waals surface area contributed by atoms with E-state index >= 15 is 0 Å². The maximum absolute atomic E-state index is 6.14. The van der Waals surface area contributed by atoms with Gasteiger partial charge in [-0.15, -0.1) is 11.3 Å². The van der Waals surface area contributed by atoms with Gasteiger partial charge in [0.15, 0.2) is 0 Å². The molecule has 0 spiro atoms. The summed E-state index contributed by atoms with van der Waals surface area (Å²) in [7, 11) is 0. The number of hydrogen-bond acceptors (Lipinski definition) is 4. The summed E-state index contributed by atoms with van der Waals surface area (Å²) in [6.45, 7) is 3.52. The highest BCUT2D eigenvalue weighted by Crippen LogP contribution is 2.31. The Morgan fingerprint density at radius 1 is 1.26 bits per heavy atom. The van der Waals surface area contributed by atoms with Crippen molar-refractivity contribution in [2.45, 2.75) is 32.2 Å². The summed E-state index contributed by atoms with van der Waals surface area (Å²) in [5.74, 6) is 1.56. The van der Waals surface area contributed by atoms with Crippen LogP contribution >= 0.6 is 22.9 Å². The van der Waals surface area contributed by atoms with Crippen LogP contribution in [0.3, 0.4) is 0 Å². The summed E-state index contributed by atoms with van der Waals surface area (Å²) in [6.07, 6.45) is 3.52. The second-order valence-corrected chi connectivity index (χ2v) is 6.81. The average Bonchev–Trinajstić information content (AvgIpc) is 3.21. The van der Waals surface area contributed by atoms with Crippen molar-refractivity contribution in [1.82, 2.24) is 0 Å². The number of rotatable bonds is 7. The minimum Gasteiger partial charge on any atom is -0.494 e. The van der Waals surface area contributed by atoms with Crippen LogP contribution in [0.4, 0.5) is 0 Å². The van der Waals surface area contributed by atoms with E-state index in [1.54, 1.807) is 11.3 Å². The smallest absolute Gasteiger partial charge is 0.228 e. The van der Waals surface area contributed by atoms with Crippen LogP contribution in [0.1, 0.15) is 42.7 Å². The second-order valence-electron chi connectivity index (χ2n) is 5.48. The van der Waals surface area contributed by atoms with Crippen molar-refractivity contribution in [2.24, 2.45) is 4.99 Å². The van der Waals surface area contributed by atoms with Gasteiger partial charge in [-0.3, -0.25) is 0 Å². The lowest BCUT2D eigenvalue weighted by molar-refractivity contribution is 0.305. The molecule has 1 aliphatic rings. The van der Waals surface area contributed by atoms with E-state index in [-0.39, 0.29) is 6.04 Å². The lowest BCUT2D eigenvalue weighted by atomic mass is 10.1. The SMILES string of the molecule is CCCCCOc1ccc(C2COC(c3sccc3Cl)=N2)cc1. The van der Waals surface area contributed by atoms with Gasteiger partial charge in [-0.2, -0.15) is 0 Å². The van der Waals surface area contributed by atoms with Crippen LogP contribution in [-0.2, 0) is 4.74 Å². The van der Waals surface area contributed by atoms with E-state index in [1.165, 1.54) is 12.8 Å². The molecule has 3 nitrogen and oxygen atoms in total. The largest absolute Gasteiger partial charge is 0.494 e. The van der Waals surface area contributed by atoms with Crippen molar-refractivity contribution >= 4 is 28.8 Å². The minimum atomic E-state index is 0.0253. The van der Waals surface area contributed by atoms with E-state index in [2.05, 4.69) is 24.0 Å². The monoisotopic (exact) mass is 349 g/mol. The van der Waals surface area contributed by atoms with Gasteiger partial charge >= 0.3 is 0 Å². The summed E-state index contributed by atoms with van der Waals surface area (Å²) in [6, 6.07) is 10.0. The van der Waals surface area contributed by atoms with Gasteiger partial charge < -0.3 is 9.47 Å². The fourth-order valence-electron chi connectivity index (χ4n) is 2.44. The Morgan fingerprint density at radius 3 is 2.78 bits per heavy atom. The standard InChI is InChI=1S/C18H20ClNO2S/c1-2-3-4-10-21-14-7-5-13(6-8-14)16-12-22-18(20-16)17-15(19)9-11-23-17/h5-9,11,16H,2-4,10,12H2,1H3. The molecule has 122 valence electrons. The van der Waals surface area contributed by atoms with Gasteiger partial charge in [0.25, 0.3) is 0 Å². The third kappa shape index (κ3) is 4.06. The van der Waals surface area contributed by atoms with Gasteiger partial charge in [-0.1, -0.05) is 43.5 Å². The van der Waals surface area contributed by atoms with E-state index in [9.17, 15) is 0 Å². The molecule has 1 atom stereocenters. The molecule has 0 bridgehead atoms. The molecule has 2 aromatic rings. The van der Waals surface area contributed by atoms with Crippen molar-refractivity contribution in [3.05, 3.63) is 51.2 Å². The van der Waals surface area contributed by atoms with Crippen LogP contribution in [0.5, 0.6) is 5.75 Å². The Hall–Kier alpha value is -1.52. The number of nitrogens with zero attached hydrogens (tertiary/aromatic N) is 1. The number of halogens is 1. The van der Waals surface area contributed by atoms with Crippen LogP contribution in [-0.4, -0.2) is 19.1 Å². The zero-order valence-corrected chi connectivity index (χ0v) is 14.7. The molecule has 1 aromatic carbocycles. The number of aliphatic imine (C=N–C) groups is 1. The summed E-state index contributed by atoms with van der Waals surface area (Å²) in [4.78, 5) is 5.56. The van der Waals surface area contributed by atoms with E-state index in [0.29, 0.717) is 17.5 Å². The normalized spacial score (nSPS) is 17.0. The maximum atomic E-state index is 6.14. The summed E-state index contributed by atoms with van der Waals surface area (Å²) in [5.41, 5.74) is 1.13. The minimum absolute atomic E-state index is 0.0253. The first-order chi connectivity index (χ1) is 11.3. The van der Waals surface area contributed by atoms with E-state index in [1.807, 2.05) is 23.6 Å². The van der Waals surface area contributed by atoms with Crippen molar-refractivity contribution < 1.29 is 9.47 Å². The lowest BCUT2D eigenvalue weighted by Crippen LogP contribution is -2.00. The molecule has 0 saturated heterocycles. The molecule has 1 unspecified atom stereocenters. The third-order valence-electron chi connectivity index (χ3n) is 3.74. The lowest BCUT2D eigenvalue weighted by Gasteiger charge is -2.08.